The molecule has 8 rings (SSSR count). The minimum absolute atomic E-state index is 0.000283. The highest BCUT2D eigenvalue weighted by molar-refractivity contribution is 6.36. The molecule has 7 aromatic rings. The van der Waals surface area contributed by atoms with E-state index >= 15 is 4.39 Å². The van der Waals surface area contributed by atoms with Crippen molar-refractivity contribution in [3.05, 3.63) is 106 Å². The lowest BCUT2D eigenvalue weighted by atomic mass is 9.99. The Morgan fingerprint density at radius 2 is 1.16 bits per heavy atom. The second-order valence-electron chi connectivity index (χ2n) is 14.0. The monoisotopic (exact) mass is 901 g/mol. The summed E-state index contributed by atoms with van der Waals surface area (Å²) in [6.45, 7) is 4.69. The van der Waals surface area contributed by atoms with E-state index in [1.54, 1.807) is 18.3 Å². The molecule has 0 radical (unpaired) electrons. The molecule has 0 unspecified atom stereocenters. The summed E-state index contributed by atoms with van der Waals surface area (Å²) in [4.78, 5) is 53.7. The fourth-order valence-corrected chi connectivity index (χ4v) is 7.67. The van der Waals surface area contributed by atoms with E-state index < -0.39 is 23.5 Å². The van der Waals surface area contributed by atoms with Crippen LogP contribution in [0.3, 0.4) is 0 Å². The molecule has 0 aliphatic carbocycles. The number of carbonyl (C=O) groups excluding carboxylic acids is 1. The number of aromatic carboxylic acids is 1. The second kappa shape index (κ2) is 19.1. The molecule has 4 aromatic carbocycles. The van der Waals surface area contributed by atoms with Crippen LogP contribution in [0.5, 0.6) is 23.0 Å². The van der Waals surface area contributed by atoms with Gasteiger partial charge in [0.25, 0.3) is 5.91 Å². The number of rotatable bonds is 11. The third kappa shape index (κ3) is 8.96. The highest BCUT2D eigenvalue weighted by Crippen LogP contribution is 2.45. The van der Waals surface area contributed by atoms with Gasteiger partial charge in [0.05, 0.1) is 72.5 Å². The molecule has 1 aliphatic heterocycles. The van der Waals surface area contributed by atoms with Crippen LogP contribution in [0.15, 0.2) is 67.4 Å². The summed E-state index contributed by atoms with van der Waals surface area (Å²) in [7, 11) is 7.61. The van der Waals surface area contributed by atoms with Crippen LogP contribution < -0.4 is 24.3 Å². The molecule has 4 heterocycles. The number of imidazole rings is 1. The Hall–Kier alpha value is -6.73. The molecule has 0 bridgehead atoms. The van der Waals surface area contributed by atoms with Crippen molar-refractivity contribution in [2.45, 2.75) is 6.54 Å². The molecule has 3 N–H and O–H groups in total. The Morgan fingerprint density at radius 3 is 1.63 bits per heavy atom. The zero-order valence-corrected chi connectivity index (χ0v) is 35.9. The van der Waals surface area contributed by atoms with Crippen LogP contribution in [0.25, 0.3) is 44.3 Å². The van der Waals surface area contributed by atoms with Gasteiger partial charge in [-0.2, -0.15) is 0 Å². The van der Waals surface area contributed by atoms with E-state index in [9.17, 15) is 19.1 Å². The van der Waals surface area contributed by atoms with E-state index in [1.165, 1.54) is 77.5 Å². The number of H-pyrrole nitrogens is 1. The third-order valence-corrected chi connectivity index (χ3v) is 11.0. The summed E-state index contributed by atoms with van der Waals surface area (Å²) in [6.07, 6.45) is 7.40. The lowest BCUT2D eigenvalue weighted by Crippen LogP contribution is -2.43. The molecule has 3 aromatic heterocycles. The molecule has 1 amide bonds. The van der Waals surface area contributed by atoms with E-state index in [1.807, 2.05) is 0 Å². The minimum Gasteiger partial charge on any atom is -0.495 e. The molecule has 1 aliphatic rings. The van der Waals surface area contributed by atoms with Crippen molar-refractivity contribution in [1.29, 1.82) is 0 Å². The SMILES string of the molecule is COc1cc(OC)c(Cl)c(-c2ccc(C(=O)Nc3ncc(CN4CCN(C)CC4)[nH]3)c3nccnc23)c1F.COc1cc(OC)c(Cl)c(-c2ccc(C(=O)O)c3nccnc23)c1F. The first kappa shape index (κ1) is 44.3. The standard InChI is InChI=1S/C26H27ClFN7O3.C17H12ClFN2O4/c1-34-8-10-35(11-9-34)14-15-13-31-26(32-15)33-25(36)17-5-4-16(23-24(17)30-7-6-29-23)20-21(27)18(37-2)12-19(38-3)22(20)28;1-24-10-7-11(25-2)14(19)12(13(10)18)8-3-4-9(17(22)23)16-15(8)20-5-6-21-16/h4-7,12-13H,8-11,14H2,1-3H3,(H2,31,32,33,36);3-7H,1-2H3,(H,22,23). The first-order valence-corrected chi connectivity index (χ1v) is 19.8. The van der Waals surface area contributed by atoms with Gasteiger partial charge in [0.2, 0.25) is 5.95 Å². The van der Waals surface area contributed by atoms with E-state index in [4.69, 9.17) is 42.1 Å². The van der Waals surface area contributed by atoms with Crippen molar-refractivity contribution in [2.24, 2.45) is 0 Å². The number of aromatic nitrogens is 6. The number of halogens is 4. The minimum atomic E-state index is -1.16. The molecule has 0 spiro atoms. The number of carboxylic acid groups (broad SMARTS) is 1. The highest BCUT2D eigenvalue weighted by atomic mass is 35.5. The van der Waals surface area contributed by atoms with E-state index in [0.29, 0.717) is 17.0 Å². The van der Waals surface area contributed by atoms with Gasteiger partial charge in [-0.3, -0.25) is 34.9 Å². The van der Waals surface area contributed by atoms with E-state index in [-0.39, 0.29) is 77.4 Å². The number of ether oxygens (including phenoxy) is 4. The summed E-state index contributed by atoms with van der Waals surface area (Å²) in [5, 5.41) is 12.2. The third-order valence-electron chi connectivity index (χ3n) is 10.3. The molecule has 326 valence electrons. The number of fused-ring (bicyclic) bond motifs is 2. The summed E-state index contributed by atoms with van der Waals surface area (Å²) in [5.41, 5.74) is 2.70. The van der Waals surface area contributed by atoms with Crippen molar-refractivity contribution in [3.8, 4) is 45.3 Å². The topological polar surface area (TPSA) is 190 Å². The van der Waals surface area contributed by atoms with Crippen molar-refractivity contribution in [3.63, 3.8) is 0 Å². The van der Waals surface area contributed by atoms with Crippen LogP contribution in [0.4, 0.5) is 14.7 Å². The summed E-state index contributed by atoms with van der Waals surface area (Å²) < 4.78 is 51.0. The zero-order valence-electron chi connectivity index (χ0n) is 34.4. The van der Waals surface area contributed by atoms with Crippen LogP contribution in [0.2, 0.25) is 10.0 Å². The van der Waals surface area contributed by atoms with Crippen molar-refractivity contribution < 1.29 is 42.4 Å². The van der Waals surface area contributed by atoms with Gasteiger partial charge in [0, 0.05) is 91.9 Å². The summed E-state index contributed by atoms with van der Waals surface area (Å²) >= 11 is 12.8. The number of hydrogen-bond donors (Lipinski definition) is 3. The number of hydrogen-bond acceptors (Lipinski definition) is 13. The summed E-state index contributed by atoms with van der Waals surface area (Å²) in [5.74, 6) is -2.29. The Morgan fingerprint density at radius 1 is 0.698 bits per heavy atom. The smallest absolute Gasteiger partial charge is 0.337 e. The van der Waals surface area contributed by atoms with E-state index in [2.05, 4.69) is 52.1 Å². The van der Waals surface area contributed by atoms with Gasteiger partial charge >= 0.3 is 5.97 Å². The molecule has 0 atom stereocenters. The number of carboxylic acids is 1. The van der Waals surface area contributed by atoms with Crippen LogP contribution in [-0.2, 0) is 6.54 Å². The van der Waals surface area contributed by atoms with Gasteiger partial charge in [-0.25, -0.2) is 18.6 Å². The number of methoxy groups -OCH3 is 4. The van der Waals surface area contributed by atoms with Crippen molar-refractivity contribution >= 4 is 63.1 Å². The van der Waals surface area contributed by atoms with Gasteiger partial charge in [0.15, 0.2) is 23.1 Å². The number of carbonyl (C=O) groups is 2. The maximum absolute atomic E-state index is 15.4. The van der Waals surface area contributed by atoms with Crippen molar-refractivity contribution in [2.75, 3.05) is 67.0 Å². The molecule has 1 fully saturated rings. The Kier molecular flexibility index (Phi) is 13.5. The average molecular weight is 903 g/mol. The molecule has 20 heteroatoms. The number of nitrogens with zero attached hydrogens (tertiary/aromatic N) is 7. The molecule has 63 heavy (non-hydrogen) atoms. The molecular weight excluding hydrogens is 863 g/mol. The number of likely N-dealkylation sites (N-methyl/N-ethyl adjacent to an activating group) is 1. The maximum Gasteiger partial charge on any atom is 0.337 e. The fourth-order valence-electron chi connectivity index (χ4n) is 7.04. The number of benzene rings is 4. The van der Waals surface area contributed by atoms with Gasteiger partial charge in [-0.15, -0.1) is 0 Å². The van der Waals surface area contributed by atoms with E-state index in [0.717, 1.165) is 38.4 Å². The maximum atomic E-state index is 15.4. The Balaban J connectivity index is 0.000000206. The first-order valence-electron chi connectivity index (χ1n) is 19.1. The average Bonchev–Trinajstić information content (AvgIpc) is 3.73. The molecule has 1 saturated heterocycles. The van der Waals surface area contributed by atoms with Gasteiger partial charge < -0.3 is 33.9 Å². The second-order valence-corrected chi connectivity index (χ2v) is 14.7. The van der Waals surface area contributed by atoms with Gasteiger partial charge in [-0.1, -0.05) is 35.3 Å². The predicted octanol–water partition coefficient (Wildman–Crippen LogP) is 7.63. The number of anilines is 1. The Labute approximate surface area is 368 Å². The largest absolute Gasteiger partial charge is 0.495 e. The van der Waals surface area contributed by atoms with Gasteiger partial charge in [0.1, 0.15) is 22.5 Å². The molecule has 0 saturated carbocycles. The van der Waals surface area contributed by atoms with Crippen LogP contribution in [0, 0.1) is 11.6 Å². The highest BCUT2D eigenvalue weighted by Gasteiger charge is 2.26. The number of nitrogens with one attached hydrogen (secondary N) is 2. The number of aromatic amines is 1. The number of piperazine rings is 1. The van der Waals surface area contributed by atoms with Gasteiger partial charge in [-0.05, 0) is 19.2 Å². The number of amides is 1. The fraction of sp³-hybridized carbons (Fsp3) is 0.233. The quantitative estimate of drug-likeness (QED) is 0.115. The van der Waals surface area contributed by atoms with Crippen molar-refractivity contribution in [1.82, 2.24) is 39.7 Å². The zero-order chi connectivity index (χ0) is 44.9. The van der Waals surface area contributed by atoms with Crippen LogP contribution in [0.1, 0.15) is 26.4 Å². The lowest BCUT2D eigenvalue weighted by Gasteiger charge is -2.31. The Bertz CT molecular complexity index is 2800. The van der Waals surface area contributed by atoms with Crippen LogP contribution in [-0.4, -0.2) is 118 Å². The normalized spacial score (nSPS) is 13.0. The first-order chi connectivity index (χ1) is 30.4. The summed E-state index contributed by atoms with van der Waals surface area (Å²) in [6, 6.07) is 8.60. The van der Waals surface area contributed by atoms with Crippen LogP contribution >= 0.6 is 23.2 Å². The molecular formula is C43H39Cl2F2N9O7. The predicted molar refractivity (Wildman–Crippen MR) is 232 cm³/mol. The molecule has 16 nitrogen and oxygen atoms in total. The lowest BCUT2D eigenvalue weighted by molar-refractivity contribution is 0.0698.